The van der Waals surface area contributed by atoms with Crippen LogP contribution in [0.1, 0.15) is 17.0 Å². The van der Waals surface area contributed by atoms with E-state index in [1.165, 1.54) is 0 Å². The van der Waals surface area contributed by atoms with E-state index in [9.17, 15) is 13.5 Å². The fourth-order valence-corrected chi connectivity index (χ4v) is 6.38. The predicted octanol–water partition coefficient (Wildman–Crippen LogP) is 1.60. The van der Waals surface area contributed by atoms with Crippen LogP contribution in [0.4, 0.5) is 0 Å². The Labute approximate surface area is 152 Å². The van der Waals surface area contributed by atoms with E-state index in [0.29, 0.717) is 11.5 Å². The molecular formula is C19H21NO5S. The van der Waals surface area contributed by atoms with Crippen molar-refractivity contribution in [3.8, 4) is 11.5 Å². The zero-order valence-electron chi connectivity index (χ0n) is 14.4. The largest absolute Gasteiger partial charge is 0.454 e. The number of sulfone groups is 1. The molecule has 1 fully saturated rings. The highest BCUT2D eigenvalue weighted by molar-refractivity contribution is 7.92. The third kappa shape index (κ3) is 2.42. The molecule has 1 aliphatic heterocycles. The lowest BCUT2D eigenvalue weighted by molar-refractivity contribution is 0.174. The quantitative estimate of drug-likeness (QED) is 0.824. The lowest BCUT2D eigenvalue weighted by atomic mass is 10.00. The van der Waals surface area contributed by atoms with Crippen LogP contribution in [0.2, 0.25) is 0 Å². The maximum Gasteiger partial charge on any atom is 0.231 e. The third-order valence-corrected chi connectivity index (χ3v) is 7.83. The molecule has 138 valence electrons. The van der Waals surface area contributed by atoms with E-state index in [2.05, 4.69) is 0 Å². The molecule has 2 aliphatic rings. The predicted molar refractivity (Wildman–Crippen MR) is 96.0 cm³/mol. The zero-order chi connectivity index (χ0) is 18.5. The number of aliphatic hydroxyl groups is 1. The molecule has 0 unspecified atom stereocenters. The second-order valence-electron chi connectivity index (χ2n) is 6.96. The summed E-state index contributed by atoms with van der Waals surface area (Å²) in [5, 5.41) is 9.24. The molecule has 1 aliphatic carbocycles. The molecule has 26 heavy (non-hydrogen) atoms. The highest BCUT2D eigenvalue weighted by atomic mass is 32.2. The fraction of sp³-hybridized carbons (Fsp3) is 0.368. The van der Waals surface area contributed by atoms with Crippen molar-refractivity contribution in [1.29, 1.82) is 0 Å². The molecule has 7 heteroatoms. The highest BCUT2D eigenvalue weighted by Crippen LogP contribution is 2.63. The normalized spacial score (nSPS) is 26.7. The second-order valence-corrected chi connectivity index (χ2v) is 9.03. The topological polar surface area (TPSA) is 98.9 Å². The Bertz CT molecular complexity index is 935. The van der Waals surface area contributed by atoms with E-state index in [0.717, 1.165) is 11.1 Å². The molecule has 3 N–H and O–H groups in total. The monoisotopic (exact) mass is 375 g/mol. The van der Waals surface area contributed by atoms with Crippen LogP contribution in [0.3, 0.4) is 0 Å². The van der Waals surface area contributed by atoms with Crippen molar-refractivity contribution in [3.63, 3.8) is 0 Å². The van der Waals surface area contributed by atoms with E-state index in [1.54, 1.807) is 36.4 Å². The summed E-state index contributed by atoms with van der Waals surface area (Å²) in [6.07, 6.45) is 0. The molecule has 0 spiro atoms. The standard InChI is InChI=1S/C19H21NO5S/c1-12-2-5-14(6-3-12)26(22,23)18-17(19(18,9-20)10-21)13-4-7-15-16(8-13)25-11-24-15/h2-8,17-18,21H,9-11,20H2,1H3/t17-,18+,19-/m1/s1. The van der Waals surface area contributed by atoms with E-state index >= 15 is 0 Å². The van der Waals surface area contributed by atoms with Gasteiger partial charge in [-0.05, 0) is 36.8 Å². The molecule has 0 bridgehead atoms. The minimum atomic E-state index is -3.64. The first kappa shape index (κ1) is 17.3. The van der Waals surface area contributed by atoms with Gasteiger partial charge in [0.15, 0.2) is 21.3 Å². The van der Waals surface area contributed by atoms with Crippen molar-refractivity contribution in [2.24, 2.45) is 11.1 Å². The fourth-order valence-electron chi connectivity index (χ4n) is 3.93. The van der Waals surface area contributed by atoms with Gasteiger partial charge in [-0.2, -0.15) is 0 Å². The van der Waals surface area contributed by atoms with Gasteiger partial charge in [-0.3, -0.25) is 0 Å². The summed E-state index contributed by atoms with van der Waals surface area (Å²) < 4.78 is 37.2. The maximum absolute atomic E-state index is 13.2. The molecule has 0 saturated heterocycles. The number of ether oxygens (including phenoxy) is 2. The number of hydrogen-bond donors (Lipinski definition) is 2. The molecule has 1 heterocycles. The first-order chi connectivity index (χ1) is 12.4. The first-order valence-corrected chi connectivity index (χ1v) is 10.00. The molecular weight excluding hydrogens is 354 g/mol. The molecule has 1 saturated carbocycles. The average Bonchev–Trinajstić information content (AvgIpc) is 3.12. The van der Waals surface area contributed by atoms with Crippen LogP contribution in [0.15, 0.2) is 47.4 Å². The number of aryl methyl sites for hydroxylation is 1. The van der Waals surface area contributed by atoms with Crippen molar-refractivity contribution in [3.05, 3.63) is 53.6 Å². The number of nitrogens with two attached hydrogens (primary N) is 1. The van der Waals surface area contributed by atoms with Gasteiger partial charge in [0.25, 0.3) is 0 Å². The van der Waals surface area contributed by atoms with Crippen molar-refractivity contribution >= 4 is 9.84 Å². The van der Waals surface area contributed by atoms with Crippen LogP contribution in [0.25, 0.3) is 0 Å². The van der Waals surface area contributed by atoms with Gasteiger partial charge in [0.1, 0.15) is 0 Å². The SMILES string of the molecule is Cc1ccc(S(=O)(=O)[C@H]2[C@@H](c3ccc4c(c3)OCO4)[C@@]2(CN)CO)cc1. The molecule has 4 rings (SSSR count). The summed E-state index contributed by atoms with van der Waals surface area (Å²) in [7, 11) is -3.64. The second kappa shape index (κ2) is 5.97. The summed E-state index contributed by atoms with van der Waals surface area (Å²) in [4.78, 5) is 0.252. The average molecular weight is 375 g/mol. The molecule has 0 radical (unpaired) electrons. The summed E-state index contributed by atoms with van der Waals surface area (Å²) in [5.74, 6) is 0.831. The third-order valence-electron chi connectivity index (χ3n) is 5.49. The summed E-state index contributed by atoms with van der Waals surface area (Å²) in [6.45, 7) is 1.84. The minimum absolute atomic E-state index is 0.0817. The zero-order valence-corrected chi connectivity index (χ0v) is 15.2. The van der Waals surface area contributed by atoms with Crippen molar-refractivity contribution < 1.29 is 23.0 Å². The molecule has 3 atom stereocenters. The Balaban J connectivity index is 1.76. The van der Waals surface area contributed by atoms with Gasteiger partial charge in [0.05, 0.1) is 16.8 Å². The van der Waals surface area contributed by atoms with Gasteiger partial charge in [0.2, 0.25) is 6.79 Å². The van der Waals surface area contributed by atoms with Crippen LogP contribution >= 0.6 is 0 Å². The van der Waals surface area contributed by atoms with Crippen molar-refractivity contribution in [2.45, 2.75) is 23.0 Å². The van der Waals surface area contributed by atoms with Crippen LogP contribution in [-0.2, 0) is 9.84 Å². The van der Waals surface area contributed by atoms with Crippen molar-refractivity contribution in [1.82, 2.24) is 0 Å². The Morgan fingerprint density at radius 2 is 1.85 bits per heavy atom. The number of rotatable bonds is 5. The summed E-state index contributed by atoms with van der Waals surface area (Å²) in [5.41, 5.74) is 6.81. The Kier molecular flexibility index (Phi) is 3.98. The van der Waals surface area contributed by atoms with Crippen LogP contribution in [0.5, 0.6) is 11.5 Å². The van der Waals surface area contributed by atoms with Crippen LogP contribution in [0, 0.1) is 12.3 Å². The maximum atomic E-state index is 13.2. The van der Waals surface area contributed by atoms with Gasteiger partial charge in [-0.1, -0.05) is 23.8 Å². The number of aliphatic hydroxyl groups excluding tert-OH is 1. The number of benzene rings is 2. The summed E-state index contributed by atoms with van der Waals surface area (Å²) >= 11 is 0. The van der Waals surface area contributed by atoms with E-state index < -0.39 is 26.4 Å². The smallest absolute Gasteiger partial charge is 0.231 e. The van der Waals surface area contributed by atoms with Crippen molar-refractivity contribution in [2.75, 3.05) is 19.9 Å². The molecule has 6 nitrogen and oxygen atoms in total. The molecule has 2 aromatic rings. The van der Waals surface area contributed by atoms with E-state index in [-0.39, 0.29) is 24.8 Å². The lowest BCUT2D eigenvalue weighted by Crippen LogP contribution is -2.27. The molecule has 2 aromatic carbocycles. The van der Waals surface area contributed by atoms with Crippen LogP contribution in [-0.4, -0.2) is 38.7 Å². The Morgan fingerprint density at radius 3 is 2.50 bits per heavy atom. The van der Waals surface area contributed by atoms with Gasteiger partial charge < -0.3 is 20.3 Å². The van der Waals surface area contributed by atoms with Gasteiger partial charge in [-0.25, -0.2) is 8.42 Å². The number of fused-ring (bicyclic) bond motifs is 1. The van der Waals surface area contributed by atoms with Gasteiger partial charge >= 0.3 is 0 Å². The summed E-state index contributed by atoms with van der Waals surface area (Å²) in [6, 6.07) is 12.1. The van der Waals surface area contributed by atoms with Crippen LogP contribution < -0.4 is 15.2 Å². The lowest BCUT2D eigenvalue weighted by Gasteiger charge is -2.12. The number of hydrogen-bond acceptors (Lipinski definition) is 6. The molecule has 0 amide bonds. The van der Waals surface area contributed by atoms with Gasteiger partial charge in [-0.15, -0.1) is 0 Å². The Morgan fingerprint density at radius 1 is 1.15 bits per heavy atom. The van der Waals surface area contributed by atoms with E-state index in [1.807, 2.05) is 13.0 Å². The highest BCUT2D eigenvalue weighted by Gasteiger charge is 2.70. The Hall–Kier alpha value is -2.09. The van der Waals surface area contributed by atoms with E-state index in [4.69, 9.17) is 15.2 Å². The molecule has 0 aromatic heterocycles. The van der Waals surface area contributed by atoms with Gasteiger partial charge in [0, 0.05) is 17.9 Å². The minimum Gasteiger partial charge on any atom is -0.454 e. The first-order valence-electron chi connectivity index (χ1n) is 8.45.